The first-order valence-corrected chi connectivity index (χ1v) is 7.91. The van der Waals surface area contributed by atoms with Crippen LogP contribution in [0.4, 0.5) is 0 Å². The van der Waals surface area contributed by atoms with Crippen LogP contribution in [0.5, 0.6) is 0 Å². The number of rotatable bonds is 3. The summed E-state index contributed by atoms with van der Waals surface area (Å²) in [5.41, 5.74) is 4.01. The number of hydrogen-bond acceptors (Lipinski definition) is 3. The first-order valence-electron chi connectivity index (χ1n) is 7.91. The minimum atomic E-state index is -0.632. The standard InChI is InChI=1S/C20H18O3/c1-3-22-20(2)15-12-8-7-11-14(15)17-16(19(21)23-18(17)20)13-9-5-4-6-10-13/h4-12,18H,3H2,1-2H3/t18-,20-/m0/s1. The van der Waals surface area contributed by atoms with Gasteiger partial charge in [-0.3, -0.25) is 0 Å². The molecule has 1 aliphatic heterocycles. The molecular formula is C20H18O3. The van der Waals surface area contributed by atoms with Crippen molar-refractivity contribution in [1.82, 2.24) is 0 Å². The van der Waals surface area contributed by atoms with Crippen LogP contribution in [0.25, 0.3) is 11.1 Å². The summed E-state index contributed by atoms with van der Waals surface area (Å²) in [4.78, 5) is 12.6. The molecule has 0 unspecified atom stereocenters. The van der Waals surface area contributed by atoms with E-state index < -0.39 is 5.60 Å². The van der Waals surface area contributed by atoms with Crippen molar-refractivity contribution in [3.8, 4) is 0 Å². The van der Waals surface area contributed by atoms with Crippen molar-refractivity contribution >= 4 is 17.1 Å². The Morgan fingerprint density at radius 3 is 2.52 bits per heavy atom. The Morgan fingerprint density at radius 2 is 1.78 bits per heavy atom. The van der Waals surface area contributed by atoms with Crippen molar-refractivity contribution in [3.63, 3.8) is 0 Å². The topological polar surface area (TPSA) is 35.5 Å². The number of esters is 1. The highest BCUT2D eigenvalue weighted by molar-refractivity contribution is 6.29. The Morgan fingerprint density at radius 1 is 1.09 bits per heavy atom. The van der Waals surface area contributed by atoms with E-state index >= 15 is 0 Å². The fourth-order valence-electron chi connectivity index (χ4n) is 3.75. The summed E-state index contributed by atoms with van der Waals surface area (Å²) in [6.45, 7) is 4.53. The van der Waals surface area contributed by atoms with Gasteiger partial charge >= 0.3 is 5.97 Å². The van der Waals surface area contributed by atoms with Crippen LogP contribution in [0.15, 0.2) is 54.6 Å². The number of hydrogen-bond donors (Lipinski definition) is 0. The molecule has 2 aromatic rings. The Balaban J connectivity index is 1.99. The second-order valence-corrected chi connectivity index (χ2v) is 6.03. The predicted octanol–water partition coefficient (Wildman–Crippen LogP) is 3.79. The molecule has 2 aliphatic rings. The zero-order valence-electron chi connectivity index (χ0n) is 13.2. The molecule has 0 radical (unpaired) electrons. The van der Waals surface area contributed by atoms with E-state index in [1.54, 1.807) is 0 Å². The first kappa shape index (κ1) is 14.2. The van der Waals surface area contributed by atoms with Crippen LogP contribution in [-0.2, 0) is 19.9 Å². The number of carbonyl (C=O) groups is 1. The second-order valence-electron chi connectivity index (χ2n) is 6.03. The molecule has 2 atom stereocenters. The fraction of sp³-hybridized carbons (Fsp3) is 0.250. The summed E-state index contributed by atoms with van der Waals surface area (Å²) < 4.78 is 11.8. The third kappa shape index (κ3) is 1.90. The van der Waals surface area contributed by atoms with Crippen molar-refractivity contribution in [2.24, 2.45) is 0 Å². The molecule has 0 saturated carbocycles. The summed E-state index contributed by atoms with van der Waals surface area (Å²) >= 11 is 0. The molecule has 0 fully saturated rings. The summed E-state index contributed by atoms with van der Waals surface area (Å²) in [5.74, 6) is -0.267. The number of ether oxygens (including phenoxy) is 2. The summed E-state index contributed by atoms with van der Waals surface area (Å²) in [6, 6.07) is 17.8. The van der Waals surface area contributed by atoms with Crippen LogP contribution in [0.1, 0.15) is 30.5 Å². The number of benzene rings is 2. The molecule has 23 heavy (non-hydrogen) atoms. The van der Waals surface area contributed by atoms with E-state index in [1.165, 1.54) is 0 Å². The smallest absolute Gasteiger partial charge is 0.339 e. The van der Waals surface area contributed by atoms with Crippen molar-refractivity contribution in [1.29, 1.82) is 0 Å². The molecule has 1 aliphatic carbocycles. The molecule has 3 nitrogen and oxygen atoms in total. The molecule has 1 heterocycles. The van der Waals surface area contributed by atoms with E-state index in [0.29, 0.717) is 12.2 Å². The minimum absolute atomic E-state index is 0.267. The molecule has 0 spiro atoms. The average Bonchev–Trinajstić information content (AvgIpc) is 3.03. The second kappa shape index (κ2) is 5.07. The molecule has 2 aromatic carbocycles. The maximum atomic E-state index is 12.6. The quantitative estimate of drug-likeness (QED) is 0.809. The van der Waals surface area contributed by atoms with Gasteiger partial charge < -0.3 is 9.47 Å². The van der Waals surface area contributed by atoms with Gasteiger partial charge in [-0.05, 0) is 30.5 Å². The summed E-state index contributed by atoms with van der Waals surface area (Å²) in [6.07, 6.45) is -0.387. The van der Waals surface area contributed by atoms with Gasteiger partial charge in [0, 0.05) is 12.2 Å². The van der Waals surface area contributed by atoms with Gasteiger partial charge in [0.2, 0.25) is 0 Å². The average molecular weight is 306 g/mol. The Labute approximate surface area is 135 Å². The van der Waals surface area contributed by atoms with E-state index in [4.69, 9.17) is 9.47 Å². The maximum Gasteiger partial charge on any atom is 0.339 e. The zero-order chi connectivity index (χ0) is 16.0. The lowest BCUT2D eigenvalue weighted by molar-refractivity contribution is -0.153. The lowest BCUT2D eigenvalue weighted by Crippen LogP contribution is -2.36. The van der Waals surface area contributed by atoms with Gasteiger partial charge in [-0.25, -0.2) is 4.79 Å². The minimum Gasteiger partial charge on any atom is -0.450 e. The maximum absolute atomic E-state index is 12.6. The van der Waals surface area contributed by atoms with Gasteiger partial charge in [-0.15, -0.1) is 0 Å². The van der Waals surface area contributed by atoms with Gasteiger partial charge in [0.15, 0.2) is 6.10 Å². The Hall–Kier alpha value is -2.39. The van der Waals surface area contributed by atoms with Crippen molar-refractivity contribution in [2.45, 2.75) is 25.6 Å². The van der Waals surface area contributed by atoms with Crippen LogP contribution < -0.4 is 0 Å². The lowest BCUT2D eigenvalue weighted by atomic mass is 9.95. The molecule has 3 heteroatoms. The number of carbonyl (C=O) groups excluding carboxylic acids is 1. The van der Waals surface area contributed by atoms with Crippen molar-refractivity contribution in [3.05, 3.63) is 71.3 Å². The van der Waals surface area contributed by atoms with Crippen molar-refractivity contribution in [2.75, 3.05) is 6.61 Å². The third-order valence-corrected chi connectivity index (χ3v) is 4.72. The predicted molar refractivity (Wildman–Crippen MR) is 88.6 cm³/mol. The molecule has 0 N–H and O–H groups in total. The lowest BCUT2D eigenvalue weighted by Gasteiger charge is -2.30. The van der Waals surface area contributed by atoms with E-state index in [1.807, 2.05) is 62.4 Å². The Bertz CT molecular complexity index is 807. The van der Waals surface area contributed by atoms with E-state index in [0.717, 1.165) is 22.3 Å². The van der Waals surface area contributed by atoms with Gasteiger partial charge in [-0.1, -0.05) is 54.6 Å². The van der Waals surface area contributed by atoms with Gasteiger partial charge in [0.25, 0.3) is 0 Å². The van der Waals surface area contributed by atoms with E-state index in [-0.39, 0.29) is 12.1 Å². The fourth-order valence-corrected chi connectivity index (χ4v) is 3.75. The van der Waals surface area contributed by atoms with E-state index in [2.05, 4.69) is 6.07 Å². The molecule has 4 rings (SSSR count). The van der Waals surface area contributed by atoms with Crippen LogP contribution in [0.3, 0.4) is 0 Å². The normalized spacial score (nSPS) is 25.3. The highest BCUT2D eigenvalue weighted by Crippen LogP contribution is 2.53. The van der Waals surface area contributed by atoms with Crippen LogP contribution in [-0.4, -0.2) is 18.7 Å². The number of fused-ring (bicyclic) bond motifs is 3. The first-order chi connectivity index (χ1) is 11.2. The van der Waals surface area contributed by atoms with Gasteiger partial charge in [-0.2, -0.15) is 0 Å². The molecular weight excluding hydrogens is 288 g/mol. The molecule has 0 aromatic heterocycles. The van der Waals surface area contributed by atoms with Crippen LogP contribution >= 0.6 is 0 Å². The van der Waals surface area contributed by atoms with Crippen LogP contribution in [0, 0.1) is 0 Å². The summed E-state index contributed by atoms with van der Waals surface area (Å²) in [7, 11) is 0. The van der Waals surface area contributed by atoms with Crippen molar-refractivity contribution < 1.29 is 14.3 Å². The third-order valence-electron chi connectivity index (χ3n) is 4.72. The molecule has 116 valence electrons. The zero-order valence-corrected chi connectivity index (χ0v) is 13.2. The SMILES string of the molecule is CCO[C@@]1(C)c2ccccc2C2=C(c3ccccc3)C(=O)O[C@@H]21. The largest absolute Gasteiger partial charge is 0.450 e. The van der Waals surface area contributed by atoms with Crippen LogP contribution in [0.2, 0.25) is 0 Å². The molecule has 0 bridgehead atoms. The molecule has 0 saturated heterocycles. The molecule has 0 amide bonds. The highest BCUT2D eigenvalue weighted by atomic mass is 16.6. The van der Waals surface area contributed by atoms with E-state index in [9.17, 15) is 4.79 Å². The summed E-state index contributed by atoms with van der Waals surface area (Å²) in [5, 5.41) is 0. The highest BCUT2D eigenvalue weighted by Gasteiger charge is 2.54. The Kier molecular flexibility index (Phi) is 3.13. The van der Waals surface area contributed by atoms with Gasteiger partial charge in [0.05, 0.1) is 5.57 Å². The van der Waals surface area contributed by atoms with Gasteiger partial charge in [0.1, 0.15) is 5.60 Å². The monoisotopic (exact) mass is 306 g/mol.